The maximum Gasteiger partial charge on any atom is 0.246 e. The summed E-state index contributed by atoms with van der Waals surface area (Å²) in [6.45, 7) is 2.14. The molecule has 0 atom stereocenters. The topological polar surface area (TPSA) is 35.6 Å². The first kappa shape index (κ1) is 13.4. The highest BCUT2D eigenvalue weighted by Gasteiger charge is 2.26. The van der Waals surface area contributed by atoms with E-state index in [1.807, 2.05) is 36.0 Å². The van der Waals surface area contributed by atoms with Crippen LogP contribution in [0.25, 0.3) is 0 Å². The maximum atomic E-state index is 12.1. The molecule has 0 aliphatic carbocycles. The van der Waals surface area contributed by atoms with E-state index in [1.165, 1.54) is 0 Å². The Morgan fingerprint density at radius 3 is 2.89 bits per heavy atom. The molecule has 1 aliphatic rings. The van der Waals surface area contributed by atoms with Gasteiger partial charge in [-0.2, -0.15) is 0 Å². The lowest BCUT2D eigenvalue weighted by molar-refractivity contribution is -0.117. The minimum atomic E-state index is 0.170. The smallest absolute Gasteiger partial charge is 0.246 e. The average molecular weight is 312 g/mol. The van der Waals surface area contributed by atoms with Gasteiger partial charge in [-0.15, -0.1) is 0 Å². The summed E-state index contributed by atoms with van der Waals surface area (Å²) in [5.41, 5.74) is 2.11. The zero-order valence-corrected chi connectivity index (χ0v) is 12.3. The number of nitrogens with zero attached hydrogens (tertiary/aromatic N) is 2. The Bertz CT molecular complexity index is 450. The van der Waals surface area contributed by atoms with Gasteiger partial charge in [-0.3, -0.25) is 4.79 Å². The Balaban J connectivity index is 2.25. The van der Waals surface area contributed by atoms with E-state index >= 15 is 0 Å². The van der Waals surface area contributed by atoms with Gasteiger partial charge in [0.05, 0.1) is 17.9 Å². The minimum Gasteiger partial charge on any atom is -0.364 e. The highest BCUT2D eigenvalue weighted by atomic mass is 79.9. The average Bonchev–Trinajstić information content (AvgIpc) is 2.34. The van der Waals surface area contributed by atoms with Crippen molar-refractivity contribution >= 4 is 33.2 Å². The van der Waals surface area contributed by atoms with Gasteiger partial charge in [0.2, 0.25) is 5.91 Å². The number of halogens is 1. The molecule has 0 spiro atoms. The van der Waals surface area contributed by atoms with Gasteiger partial charge in [0.25, 0.3) is 0 Å². The molecule has 0 fully saturated rings. The summed E-state index contributed by atoms with van der Waals surface area (Å²) < 4.78 is 1.04. The van der Waals surface area contributed by atoms with Gasteiger partial charge in [0.15, 0.2) is 0 Å². The summed E-state index contributed by atoms with van der Waals surface area (Å²) in [4.78, 5) is 16.0. The normalized spacial score (nSPS) is 14.9. The van der Waals surface area contributed by atoms with Crippen LogP contribution in [0.1, 0.15) is 6.42 Å². The Morgan fingerprint density at radius 2 is 2.17 bits per heavy atom. The second-order valence-electron chi connectivity index (χ2n) is 4.49. The van der Waals surface area contributed by atoms with E-state index in [9.17, 15) is 4.79 Å². The zero-order valence-electron chi connectivity index (χ0n) is 10.7. The summed E-state index contributed by atoms with van der Waals surface area (Å²) in [6.07, 6.45) is 0.960. The Labute approximate surface area is 116 Å². The van der Waals surface area contributed by atoms with Crippen LogP contribution < -0.4 is 15.1 Å². The van der Waals surface area contributed by atoms with Crippen LogP contribution >= 0.6 is 15.9 Å². The number of nitrogens with one attached hydrogen (secondary N) is 1. The van der Waals surface area contributed by atoms with Crippen LogP contribution in [0.4, 0.5) is 11.4 Å². The fourth-order valence-electron chi connectivity index (χ4n) is 2.20. The van der Waals surface area contributed by atoms with Gasteiger partial charge >= 0.3 is 0 Å². The lowest BCUT2D eigenvalue weighted by atomic mass is 10.1. The van der Waals surface area contributed by atoms with E-state index in [4.69, 9.17) is 0 Å². The van der Waals surface area contributed by atoms with Crippen LogP contribution in [0.5, 0.6) is 0 Å². The van der Waals surface area contributed by atoms with Crippen LogP contribution in [-0.2, 0) is 4.79 Å². The molecule has 0 unspecified atom stereocenters. The predicted molar refractivity (Wildman–Crippen MR) is 78.3 cm³/mol. The first-order chi connectivity index (χ1) is 8.63. The van der Waals surface area contributed by atoms with Crippen molar-refractivity contribution in [2.45, 2.75) is 6.42 Å². The SMILES string of the molecule is CNCCCN1C(=O)CN(C)c2cc(Br)ccc21. The number of hydrogen-bond acceptors (Lipinski definition) is 3. The molecule has 0 radical (unpaired) electrons. The first-order valence-corrected chi connectivity index (χ1v) is 6.88. The molecule has 18 heavy (non-hydrogen) atoms. The van der Waals surface area contributed by atoms with Gasteiger partial charge < -0.3 is 15.1 Å². The highest BCUT2D eigenvalue weighted by molar-refractivity contribution is 9.10. The molecule has 0 aromatic heterocycles. The number of carbonyl (C=O) groups excluding carboxylic acids is 1. The van der Waals surface area contributed by atoms with Crippen LogP contribution in [0.2, 0.25) is 0 Å². The molecular weight excluding hydrogens is 294 g/mol. The van der Waals surface area contributed by atoms with Crippen molar-refractivity contribution in [1.82, 2.24) is 5.32 Å². The summed E-state index contributed by atoms with van der Waals surface area (Å²) in [6, 6.07) is 6.05. The molecule has 0 bridgehead atoms. The fraction of sp³-hybridized carbons (Fsp3) is 0.462. The van der Waals surface area contributed by atoms with Crippen LogP contribution in [-0.4, -0.2) is 39.6 Å². The Morgan fingerprint density at radius 1 is 1.39 bits per heavy atom. The van der Waals surface area contributed by atoms with E-state index in [0.29, 0.717) is 6.54 Å². The Kier molecular flexibility index (Phi) is 4.24. The van der Waals surface area contributed by atoms with E-state index in [1.54, 1.807) is 0 Å². The largest absolute Gasteiger partial charge is 0.364 e. The van der Waals surface area contributed by atoms with Crippen LogP contribution in [0, 0.1) is 0 Å². The number of hydrogen-bond donors (Lipinski definition) is 1. The van der Waals surface area contributed by atoms with Crippen molar-refractivity contribution in [3.05, 3.63) is 22.7 Å². The zero-order chi connectivity index (χ0) is 13.1. The first-order valence-electron chi connectivity index (χ1n) is 6.09. The van der Waals surface area contributed by atoms with E-state index in [2.05, 4.69) is 27.3 Å². The quantitative estimate of drug-likeness (QED) is 0.862. The lowest BCUT2D eigenvalue weighted by Gasteiger charge is -2.35. The molecule has 0 saturated heterocycles. The van der Waals surface area contributed by atoms with Crippen molar-refractivity contribution in [2.75, 3.05) is 43.5 Å². The lowest BCUT2D eigenvalue weighted by Crippen LogP contribution is -2.45. The third-order valence-corrected chi connectivity index (χ3v) is 3.61. The highest BCUT2D eigenvalue weighted by Crippen LogP contribution is 2.34. The second kappa shape index (κ2) is 5.71. The van der Waals surface area contributed by atoms with Crippen molar-refractivity contribution in [2.24, 2.45) is 0 Å². The fourth-order valence-corrected chi connectivity index (χ4v) is 2.55. The third-order valence-electron chi connectivity index (χ3n) is 3.12. The molecule has 2 rings (SSSR count). The molecular formula is C13H18BrN3O. The standard InChI is InChI=1S/C13H18BrN3O/c1-15-6-3-7-17-11-5-4-10(14)8-12(11)16(2)9-13(17)18/h4-5,8,15H,3,6-7,9H2,1-2H3. The number of fused-ring (bicyclic) bond motifs is 1. The maximum absolute atomic E-state index is 12.1. The number of anilines is 2. The molecule has 4 nitrogen and oxygen atoms in total. The molecule has 1 aromatic rings. The molecule has 98 valence electrons. The molecule has 5 heteroatoms. The number of likely N-dealkylation sites (N-methyl/N-ethyl adjacent to an activating group) is 1. The van der Waals surface area contributed by atoms with Crippen molar-refractivity contribution < 1.29 is 4.79 Å². The third kappa shape index (κ3) is 2.67. The number of amides is 1. The monoisotopic (exact) mass is 311 g/mol. The van der Waals surface area contributed by atoms with Crippen molar-refractivity contribution in [3.8, 4) is 0 Å². The molecule has 0 saturated carbocycles. The van der Waals surface area contributed by atoms with E-state index in [0.717, 1.165) is 35.4 Å². The predicted octanol–water partition coefficient (Wildman–Crippen LogP) is 1.84. The summed E-state index contributed by atoms with van der Waals surface area (Å²) in [5, 5.41) is 3.11. The number of rotatable bonds is 4. The van der Waals surface area contributed by atoms with Gasteiger partial charge in [-0.25, -0.2) is 0 Å². The minimum absolute atomic E-state index is 0.170. The van der Waals surface area contributed by atoms with Crippen LogP contribution in [0.15, 0.2) is 22.7 Å². The van der Waals surface area contributed by atoms with Crippen LogP contribution in [0.3, 0.4) is 0 Å². The molecule has 1 heterocycles. The molecule has 1 aliphatic heterocycles. The van der Waals surface area contributed by atoms with Gasteiger partial charge in [0, 0.05) is 18.1 Å². The van der Waals surface area contributed by atoms with E-state index < -0.39 is 0 Å². The van der Waals surface area contributed by atoms with Crippen molar-refractivity contribution in [3.63, 3.8) is 0 Å². The van der Waals surface area contributed by atoms with Gasteiger partial charge in [-0.1, -0.05) is 15.9 Å². The van der Waals surface area contributed by atoms with Gasteiger partial charge in [-0.05, 0) is 38.2 Å². The number of benzene rings is 1. The number of carbonyl (C=O) groups is 1. The summed E-state index contributed by atoms with van der Waals surface area (Å²) in [7, 11) is 3.88. The molecule has 1 N–H and O–H groups in total. The van der Waals surface area contributed by atoms with E-state index in [-0.39, 0.29) is 5.91 Å². The molecule has 1 amide bonds. The Hall–Kier alpha value is -1.07. The second-order valence-corrected chi connectivity index (χ2v) is 5.41. The van der Waals surface area contributed by atoms with Gasteiger partial charge in [0.1, 0.15) is 0 Å². The summed E-state index contributed by atoms with van der Waals surface area (Å²) >= 11 is 3.48. The summed E-state index contributed by atoms with van der Waals surface area (Å²) in [5.74, 6) is 0.170. The van der Waals surface area contributed by atoms with Crippen molar-refractivity contribution in [1.29, 1.82) is 0 Å². The molecule has 1 aromatic carbocycles.